The maximum absolute atomic E-state index is 12.6. The summed E-state index contributed by atoms with van der Waals surface area (Å²) in [5.74, 6) is 2.10. The molecule has 1 aliphatic heterocycles. The van der Waals surface area contributed by atoms with Gasteiger partial charge < -0.3 is 19.1 Å². The predicted octanol–water partition coefficient (Wildman–Crippen LogP) is 4.54. The number of amides is 1. The predicted molar refractivity (Wildman–Crippen MR) is 112 cm³/mol. The standard InChI is InChI=1S/C22H26BrNO4/c1-26-20-10-17(11-21(13-20)27-2)15-28-14-16-6-8-24(9-7-16)22(25)18-4-3-5-19(23)12-18/h3-5,10-13,16H,6-9,14-15H2,1-2H3. The van der Waals surface area contributed by atoms with Crippen LogP contribution in [-0.2, 0) is 11.3 Å². The summed E-state index contributed by atoms with van der Waals surface area (Å²) in [6, 6.07) is 13.3. The Morgan fingerprint density at radius 1 is 1.07 bits per heavy atom. The molecule has 0 spiro atoms. The van der Waals surface area contributed by atoms with Crippen molar-refractivity contribution in [3.8, 4) is 11.5 Å². The van der Waals surface area contributed by atoms with Crippen LogP contribution in [0.4, 0.5) is 0 Å². The molecule has 0 N–H and O–H groups in total. The average Bonchev–Trinajstić information content (AvgIpc) is 2.73. The van der Waals surface area contributed by atoms with E-state index in [-0.39, 0.29) is 5.91 Å². The fourth-order valence-electron chi connectivity index (χ4n) is 3.40. The minimum absolute atomic E-state index is 0.101. The Hall–Kier alpha value is -2.05. The summed E-state index contributed by atoms with van der Waals surface area (Å²) < 4.78 is 17.5. The third kappa shape index (κ3) is 5.49. The van der Waals surface area contributed by atoms with Crippen molar-refractivity contribution in [2.24, 2.45) is 5.92 Å². The van der Waals surface area contributed by atoms with Gasteiger partial charge in [-0.3, -0.25) is 4.79 Å². The summed E-state index contributed by atoms with van der Waals surface area (Å²) in [5.41, 5.74) is 1.76. The van der Waals surface area contributed by atoms with Crippen LogP contribution < -0.4 is 9.47 Å². The summed E-state index contributed by atoms with van der Waals surface area (Å²) in [6.45, 7) is 2.75. The zero-order chi connectivity index (χ0) is 19.9. The number of likely N-dealkylation sites (tertiary alicyclic amines) is 1. The van der Waals surface area contributed by atoms with E-state index in [0.29, 0.717) is 19.1 Å². The maximum Gasteiger partial charge on any atom is 0.253 e. The number of nitrogens with zero attached hydrogens (tertiary/aromatic N) is 1. The van der Waals surface area contributed by atoms with Crippen LogP contribution in [0.2, 0.25) is 0 Å². The van der Waals surface area contributed by atoms with E-state index >= 15 is 0 Å². The van der Waals surface area contributed by atoms with Gasteiger partial charge in [-0.05, 0) is 54.7 Å². The molecule has 28 heavy (non-hydrogen) atoms. The summed E-state index contributed by atoms with van der Waals surface area (Å²) in [4.78, 5) is 14.6. The van der Waals surface area contributed by atoms with E-state index in [4.69, 9.17) is 14.2 Å². The summed E-state index contributed by atoms with van der Waals surface area (Å²) >= 11 is 3.43. The van der Waals surface area contributed by atoms with E-state index in [1.807, 2.05) is 47.4 Å². The van der Waals surface area contributed by atoms with Crippen molar-refractivity contribution in [1.82, 2.24) is 4.90 Å². The molecule has 150 valence electrons. The summed E-state index contributed by atoms with van der Waals surface area (Å²) in [5, 5.41) is 0. The Kier molecular flexibility index (Phi) is 7.34. The highest BCUT2D eigenvalue weighted by Crippen LogP contribution is 2.24. The Labute approximate surface area is 174 Å². The third-order valence-electron chi connectivity index (χ3n) is 5.01. The van der Waals surface area contributed by atoms with E-state index in [1.54, 1.807) is 14.2 Å². The number of ether oxygens (including phenoxy) is 3. The molecule has 0 atom stereocenters. The lowest BCUT2D eigenvalue weighted by atomic mass is 9.97. The van der Waals surface area contributed by atoms with Crippen LogP contribution in [0.3, 0.4) is 0 Å². The lowest BCUT2D eigenvalue weighted by Gasteiger charge is -2.32. The fraction of sp³-hybridized carbons (Fsp3) is 0.409. The van der Waals surface area contributed by atoms with Gasteiger partial charge in [-0.15, -0.1) is 0 Å². The van der Waals surface area contributed by atoms with E-state index in [2.05, 4.69) is 15.9 Å². The maximum atomic E-state index is 12.6. The molecule has 1 heterocycles. The number of carbonyl (C=O) groups excluding carboxylic acids is 1. The molecule has 0 bridgehead atoms. The monoisotopic (exact) mass is 447 g/mol. The Morgan fingerprint density at radius 2 is 1.75 bits per heavy atom. The Morgan fingerprint density at radius 3 is 2.36 bits per heavy atom. The van der Waals surface area contributed by atoms with Gasteiger partial charge in [0, 0.05) is 35.8 Å². The van der Waals surface area contributed by atoms with Gasteiger partial charge in [0.25, 0.3) is 5.91 Å². The van der Waals surface area contributed by atoms with Crippen molar-refractivity contribution in [3.63, 3.8) is 0 Å². The highest BCUT2D eigenvalue weighted by atomic mass is 79.9. The molecule has 2 aromatic carbocycles. The van der Waals surface area contributed by atoms with Crippen LogP contribution in [0.1, 0.15) is 28.8 Å². The quantitative estimate of drug-likeness (QED) is 0.625. The summed E-state index contributed by atoms with van der Waals surface area (Å²) in [6.07, 6.45) is 1.92. The minimum atomic E-state index is 0.101. The number of piperidine rings is 1. The molecule has 1 aliphatic rings. The molecule has 0 aliphatic carbocycles. The average molecular weight is 448 g/mol. The molecule has 1 fully saturated rings. The van der Waals surface area contributed by atoms with Gasteiger partial charge in [0.1, 0.15) is 11.5 Å². The van der Waals surface area contributed by atoms with E-state index in [1.165, 1.54) is 0 Å². The number of hydrogen-bond acceptors (Lipinski definition) is 4. The number of methoxy groups -OCH3 is 2. The van der Waals surface area contributed by atoms with Crippen molar-refractivity contribution in [2.45, 2.75) is 19.4 Å². The van der Waals surface area contributed by atoms with Gasteiger partial charge in [0.05, 0.1) is 20.8 Å². The normalized spacial score (nSPS) is 14.8. The second-order valence-electron chi connectivity index (χ2n) is 6.98. The molecule has 1 amide bonds. The highest BCUT2D eigenvalue weighted by molar-refractivity contribution is 9.10. The highest BCUT2D eigenvalue weighted by Gasteiger charge is 2.23. The molecule has 0 aromatic heterocycles. The van der Waals surface area contributed by atoms with Gasteiger partial charge in [-0.1, -0.05) is 22.0 Å². The molecular weight excluding hydrogens is 422 g/mol. The van der Waals surface area contributed by atoms with Gasteiger partial charge >= 0.3 is 0 Å². The Balaban J connectivity index is 1.45. The number of carbonyl (C=O) groups is 1. The molecule has 5 nitrogen and oxygen atoms in total. The SMILES string of the molecule is COc1cc(COCC2CCN(C(=O)c3cccc(Br)c3)CC2)cc(OC)c1. The van der Waals surface area contributed by atoms with Gasteiger partial charge in [-0.2, -0.15) is 0 Å². The zero-order valence-electron chi connectivity index (χ0n) is 16.3. The molecule has 6 heteroatoms. The second-order valence-corrected chi connectivity index (χ2v) is 7.90. The first-order valence-electron chi connectivity index (χ1n) is 9.43. The van der Waals surface area contributed by atoms with Crippen molar-refractivity contribution >= 4 is 21.8 Å². The topological polar surface area (TPSA) is 48.0 Å². The number of benzene rings is 2. The first-order valence-corrected chi connectivity index (χ1v) is 10.2. The zero-order valence-corrected chi connectivity index (χ0v) is 17.9. The van der Waals surface area contributed by atoms with E-state index in [0.717, 1.165) is 53.0 Å². The van der Waals surface area contributed by atoms with E-state index in [9.17, 15) is 4.79 Å². The fourth-order valence-corrected chi connectivity index (χ4v) is 3.80. The minimum Gasteiger partial charge on any atom is -0.497 e. The number of hydrogen-bond donors (Lipinski definition) is 0. The molecule has 1 saturated heterocycles. The lowest BCUT2D eigenvalue weighted by Crippen LogP contribution is -2.39. The first-order chi connectivity index (χ1) is 13.6. The second kappa shape index (κ2) is 9.94. The third-order valence-corrected chi connectivity index (χ3v) is 5.50. The van der Waals surface area contributed by atoms with Crippen LogP contribution in [0.25, 0.3) is 0 Å². The van der Waals surface area contributed by atoms with Gasteiger partial charge in [-0.25, -0.2) is 0 Å². The van der Waals surface area contributed by atoms with Gasteiger partial charge in [0.15, 0.2) is 0 Å². The van der Waals surface area contributed by atoms with Crippen LogP contribution >= 0.6 is 15.9 Å². The Bertz CT molecular complexity index is 781. The number of rotatable bonds is 7. The smallest absolute Gasteiger partial charge is 0.253 e. The molecule has 2 aromatic rings. The van der Waals surface area contributed by atoms with Crippen LogP contribution in [-0.4, -0.2) is 44.7 Å². The van der Waals surface area contributed by atoms with Gasteiger partial charge in [0.2, 0.25) is 0 Å². The van der Waals surface area contributed by atoms with Crippen LogP contribution in [0, 0.1) is 5.92 Å². The molecule has 3 rings (SSSR count). The molecular formula is C22H26BrNO4. The molecule has 0 unspecified atom stereocenters. The first kappa shape index (κ1) is 20.7. The molecule has 0 saturated carbocycles. The van der Waals surface area contributed by atoms with E-state index < -0.39 is 0 Å². The van der Waals surface area contributed by atoms with Crippen molar-refractivity contribution < 1.29 is 19.0 Å². The van der Waals surface area contributed by atoms with Crippen molar-refractivity contribution in [1.29, 1.82) is 0 Å². The molecule has 0 radical (unpaired) electrons. The van der Waals surface area contributed by atoms with Crippen LogP contribution in [0.5, 0.6) is 11.5 Å². The van der Waals surface area contributed by atoms with Crippen molar-refractivity contribution in [3.05, 3.63) is 58.1 Å². The lowest BCUT2D eigenvalue weighted by molar-refractivity contribution is 0.0478. The van der Waals surface area contributed by atoms with Crippen molar-refractivity contribution in [2.75, 3.05) is 33.9 Å². The summed E-state index contributed by atoms with van der Waals surface area (Å²) in [7, 11) is 3.28. The number of halogens is 1. The van der Waals surface area contributed by atoms with Crippen LogP contribution in [0.15, 0.2) is 46.9 Å². The largest absolute Gasteiger partial charge is 0.497 e.